The van der Waals surface area contributed by atoms with Crippen molar-refractivity contribution in [3.8, 4) is 28.5 Å². The lowest BCUT2D eigenvalue weighted by Gasteiger charge is -2.34. The highest BCUT2D eigenvalue weighted by atomic mass is 32.2. The highest BCUT2D eigenvalue weighted by Crippen LogP contribution is 2.41. The molecular weight excluding hydrogens is 424 g/mol. The van der Waals surface area contributed by atoms with E-state index in [1.165, 1.54) is 17.3 Å². The minimum Gasteiger partial charge on any atom is -0.384 e. The van der Waals surface area contributed by atoms with Crippen molar-refractivity contribution in [2.24, 2.45) is 0 Å². The van der Waals surface area contributed by atoms with Gasteiger partial charge in [-0.2, -0.15) is 5.26 Å². The molecule has 4 aromatic rings. The molecule has 0 spiro atoms. The third-order valence-corrected chi connectivity index (χ3v) is 7.45. The molecule has 162 valence electrons. The Balaban J connectivity index is 1.58. The summed E-state index contributed by atoms with van der Waals surface area (Å²) in [6, 6.07) is 32.5. The molecule has 0 radical (unpaired) electrons. The molecule has 5 rings (SSSR count). The van der Waals surface area contributed by atoms with E-state index in [0.717, 1.165) is 40.8 Å². The quantitative estimate of drug-likeness (QED) is 0.349. The van der Waals surface area contributed by atoms with Gasteiger partial charge >= 0.3 is 0 Å². The van der Waals surface area contributed by atoms with Gasteiger partial charge in [-0.15, -0.1) is 11.8 Å². The van der Waals surface area contributed by atoms with E-state index in [4.69, 9.17) is 4.98 Å². The van der Waals surface area contributed by atoms with Crippen molar-refractivity contribution < 1.29 is 5.11 Å². The number of aliphatic hydroxyl groups is 1. The lowest BCUT2D eigenvalue weighted by Crippen LogP contribution is -2.33. The predicted molar refractivity (Wildman–Crippen MR) is 134 cm³/mol. The maximum absolute atomic E-state index is 11.6. The molecule has 0 saturated heterocycles. The molecule has 1 heterocycles. The lowest BCUT2D eigenvalue weighted by atomic mass is 9.80. The Labute approximate surface area is 198 Å². The highest BCUT2D eigenvalue weighted by Gasteiger charge is 2.34. The van der Waals surface area contributed by atoms with Crippen molar-refractivity contribution in [1.82, 2.24) is 4.98 Å². The van der Waals surface area contributed by atoms with E-state index < -0.39 is 5.60 Å². The summed E-state index contributed by atoms with van der Waals surface area (Å²) in [5.74, 6) is 0.457. The van der Waals surface area contributed by atoms with Crippen LogP contribution in [0.25, 0.3) is 22.4 Å². The number of hydrogen-bond acceptors (Lipinski definition) is 4. The molecule has 1 atom stereocenters. The summed E-state index contributed by atoms with van der Waals surface area (Å²) in [4.78, 5) is 4.90. The Morgan fingerprint density at radius 3 is 2.30 bits per heavy atom. The minimum atomic E-state index is -0.927. The molecule has 0 fully saturated rings. The topological polar surface area (TPSA) is 56.9 Å². The van der Waals surface area contributed by atoms with E-state index in [1.54, 1.807) is 0 Å². The Kier molecular flexibility index (Phi) is 6.00. The first kappa shape index (κ1) is 21.5. The van der Waals surface area contributed by atoms with Gasteiger partial charge in [-0.3, -0.25) is 0 Å². The van der Waals surface area contributed by atoms with Crippen molar-refractivity contribution in [2.45, 2.75) is 29.9 Å². The third kappa shape index (κ3) is 4.30. The Morgan fingerprint density at radius 1 is 0.909 bits per heavy atom. The molecule has 3 nitrogen and oxygen atoms in total. The Bertz CT molecular complexity index is 1310. The van der Waals surface area contributed by atoms with Gasteiger partial charge in [0.05, 0.1) is 16.9 Å². The van der Waals surface area contributed by atoms with Gasteiger partial charge in [0.25, 0.3) is 0 Å². The van der Waals surface area contributed by atoms with E-state index in [2.05, 4.69) is 12.1 Å². The molecule has 33 heavy (non-hydrogen) atoms. The molecule has 0 saturated carbocycles. The molecule has 4 heteroatoms. The van der Waals surface area contributed by atoms with Gasteiger partial charge in [0.2, 0.25) is 0 Å². The van der Waals surface area contributed by atoms with Crippen LogP contribution in [0, 0.1) is 11.3 Å². The molecular formula is C29H24N2OS. The Morgan fingerprint density at radius 2 is 1.58 bits per heavy atom. The first-order valence-electron chi connectivity index (χ1n) is 11.2. The summed E-state index contributed by atoms with van der Waals surface area (Å²) in [5.41, 5.74) is 5.52. The second-order valence-electron chi connectivity index (χ2n) is 8.41. The van der Waals surface area contributed by atoms with Crippen molar-refractivity contribution in [3.63, 3.8) is 0 Å². The Hall–Kier alpha value is -3.39. The smallest absolute Gasteiger partial charge is 0.115 e. The number of pyridine rings is 1. The summed E-state index contributed by atoms with van der Waals surface area (Å²) >= 11 is 1.47. The minimum absolute atomic E-state index is 0.457. The second kappa shape index (κ2) is 9.23. The van der Waals surface area contributed by atoms with E-state index in [-0.39, 0.29) is 0 Å². The van der Waals surface area contributed by atoms with Crippen molar-refractivity contribution in [2.75, 3.05) is 5.75 Å². The molecule has 1 aliphatic carbocycles. The van der Waals surface area contributed by atoms with Crippen LogP contribution < -0.4 is 0 Å². The fourth-order valence-corrected chi connectivity index (χ4v) is 5.71. The summed E-state index contributed by atoms with van der Waals surface area (Å²) < 4.78 is 0. The van der Waals surface area contributed by atoms with E-state index in [1.807, 2.05) is 84.9 Å². The van der Waals surface area contributed by atoms with Gasteiger partial charge in [0, 0.05) is 16.9 Å². The van der Waals surface area contributed by atoms with Crippen molar-refractivity contribution in [3.05, 3.63) is 108 Å². The van der Waals surface area contributed by atoms with Crippen LogP contribution in [0.1, 0.15) is 29.5 Å². The number of thioether (sulfide) groups is 1. The number of aromatic nitrogens is 1. The van der Waals surface area contributed by atoms with Gasteiger partial charge in [-0.05, 0) is 42.0 Å². The predicted octanol–water partition coefficient (Wildman–Crippen LogP) is 6.60. The van der Waals surface area contributed by atoms with Crippen LogP contribution in [0.2, 0.25) is 0 Å². The summed E-state index contributed by atoms with van der Waals surface area (Å²) in [6.45, 7) is 0. The number of hydrogen-bond donors (Lipinski definition) is 1. The van der Waals surface area contributed by atoms with Gasteiger partial charge in [-0.1, -0.05) is 84.9 Å². The molecule has 0 bridgehead atoms. The first-order chi connectivity index (χ1) is 16.2. The van der Waals surface area contributed by atoms with E-state index in [0.29, 0.717) is 22.8 Å². The molecule has 1 aromatic heterocycles. The number of nitrogens with zero attached hydrogens (tertiary/aromatic N) is 2. The zero-order chi connectivity index (χ0) is 22.7. The summed E-state index contributed by atoms with van der Waals surface area (Å²) in [5, 5.41) is 22.4. The maximum Gasteiger partial charge on any atom is 0.115 e. The van der Waals surface area contributed by atoms with Crippen LogP contribution in [0.15, 0.2) is 96.0 Å². The van der Waals surface area contributed by atoms with Crippen LogP contribution in [0.5, 0.6) is 0 Å². The van der Waals surface area contributed by atoms with Gasteiger partial charge in [0.1, 0.15) is 11.1 Å². The van der Waals surface area contributed by atoms with Gasteiger partial charge in [-0.25, -0.2) is 4.98 Å². The monoisotopic (exact) mass is 448 g/mol. The maximum atomic E-state index is 11.6. The van der Waals surface area contributed by atoms with Crippen LogP contribution in [0.4, 0.5) is 0 Å². The standard InChI is InChI=1S/C29H24N2OS/c30-19-25-24(21-10-3-1-4-11-21)18-27(23-13-5-2-6-14-23)31-28(25)33-20-29(32)17-9-15-22-12-7-8-16-26(22)29/h1-8,10-14,16,18,32H,9,15,17,20H2/t29-/m1/s1. The summed E-state index contributed by atoms with van der Waals surface area (Å²) in [7, 11) is 0. The van der Waals surface area contributed by atoms with Crippen molar-refractivity contribution >= 4 is 11.8 Å². The molecule has 3 aromatic carbocycles. The number of fused-ring (bicyclic) bond motifs is 1. The average Bonchev–Trinajstić information content (AvgIpc) is 2.88. The van der Waals surface area contributed by atoms with Crippen LogP contribution >= 0.6 is 11.8 Å². The fraction of sp³-hybridized carbons (Fsp3) is 0.172. The largest absolute Gasteiger partial charge is 0.384 e. The number of aryl methyl sites for hydroxylation is 1. The SMILES string of the molecule is N#Cc1c(-c2ccccc2)cc(-c2ccccc2)nc1SC[C@]1(O)CCCc2ccccc21. The first-order valence-corrected chi connectivity index (χ1v) is 12.2. The number of benzene rings is 3. The van der Waals surface area contributed by atoms with Crippen molar-refractivity contribution in [1.29, 1.82) is 5.26 Å². The second-order valence-corrected chi connectivity index (χ2v) is 9.37. The number of rotatable bonds is 5. The normalized spacial score (nSPS) is 17.2. The average molecular weight is 449 g/mol. The van der Waals surface area contributed by atoms with Crippen LogP contribution in [0.3, 0.4) is 0 Å². The lowest BCUT2D eigenvalue weighted by molar-refractivity contribution is 0.0438. The zero-order valence-electron chi connectivity index (χ0n) is 18.2. The third-order valence-electron chi connectivity index (χ3n) is 6.26. The van der Waals surface area contributed by atoms with E-state index >= 15 is 0 Å². The van der Waals surface area contributed by atoms with Crippen LogP contribution in [-0.2, 0) is 12.0 Å². The van der Waals surface area contributed by atoms with Gasteiger partial charge in [0.15, 0.2) is 0 Å². The summed E-state index contributed by atoms with van der Waals surface area (Å²) in [6.07, 6.45) is 2.65. The molecule has 0 aliphatic heterocycles. The molecule has 0 unspecified atom stereocenters. The highest BCUT2D eigenvalue weighted by molar-refractivity contribution is 7.99. The fourth-order valence-electron chi connectivity index (χ4n) is 4.57. The van der Waals surface area contributed by atoms with Crippen LogP contribution in [-0.4, -0.2) is 15.8 Å². The van der Waals surface area contributed by atoms with E-state index in [9.17, 15) is 10.4 Å². The molecule has 0 amide bonds. The molecule has 1 N–H and O–H groups in total. The van der Waals surface area contributed by atoms with Gasteiger partial charge < -0.3 is 5.11 Å². The number of nitriles is 1. The zero-order valence-corrected chi connectivity index (χ0v) is 19.1. The molecule has 1 aliphatic rings.